The SMILES string of the molecule is O=S(=O)(On1c(O)ccc1O)C(F)(F)C(F)(F)C1CC2CC1CC2O. The molecule has 0 aliphatic heterocycles. The zero-order valence-corrected chi connectivity index (χ0v) is 13.3. The number of halogens is 4. The van der Waals surface area contributed by atoms with Crippen LogP contribution in [0.2, 0.25) is 0 Å². The van der Waals surface area contributed by atoms with E-state index in [2.05, 4.69) is 4.28 Å². The lowest BCUT2D eigenvalue weighted by molar-refractivity contribution is -0.206. The fourth-order valence-electron chi connectivity index (χ4n) is 3.69. The van der Waals surface area contributed by atoms with E-state index in [0.29, 0.717) is 0 Å². The third kappa shape index (κ3) is 2.53. The smallest absolute Gasteiger partial charge is 0.444 e. The highest BCUT2D eigenvalue weighted by molar-refractivity contribution is 7.88. The Morgan fingerprint density at radius 1 is 1.04 bits per heavy atom. The van der Waals surface area contributed by atoms with Crippen LogP contribution in [0.1, 0.15) is 19.3 Å². The first kappa shape index (κ1) is 18.1. The normalized spacial score (nSPS) is 30.0. The summed E-state index contributed by atoms with van der Waals surface area (Å²) in [5, 5.41) is 22.4. The van der Waals surface area contributed by atoms with Gasteiger partial charge >= 0.3 is 21.3 Å². The zero-order chi connectivity index (χ0) is 18.8. The second kappa shape index (κ2) is 5.40. The van der Waals surface area contributed by atoms with Crippen molar-refractivity contribution in [2.24, 2.45) is 17.8 Å². The average molecular weight is 389 g/mol. The monoisotopic (exact) mass is 389 g/mol. The first-order valence-corrected chi connectivity index (χ1v) is 8.77. The predicted octanol–water partition coefficient (Wildman–Crippen LogP) is 1.29. The molecular formula is C13H15F4NO6S. The Balaban J connectivity index is 1.89. The molecule has 0 saturated heterocycles. The number of aromatic hydroxyl groups is 2. The molecule has 2 saturated carbocycles. The largest absolute Gasteiger partial charge is 0.492 e. The van der Waals surface area contributed by atoms with Gasteiger partial charge in [-0.3, -0.25) is 4.28 Å². The molecule has 0 spiro atoms. The van der Waals surface area contributed by atoms with E-state index in [1.54, 1.807) is 0 Å². The van der Waals surface area contributed by atoms with Crippen molar-refractivity contribution in [3.8, 4) is 11.8 Å². The molecular weight excluding hydrogens is 374 g/mol. The van der Waals surface area contributed by atoms with Gasteiger partial charge < -0.3 is 15.3 Å². The van der Waals surface area contributed by atoms with Crippen LogP contribution in [-0.2, 0) is 10.1 Å². The van der Waals surface area contributed by atoms with E-state index in [1.165, 1.54) is 0 Å². The van der Waals surface area contributed by atoms with Crippen LogP contribution in [-0.4, -0.2) is 45.7 Å². The number of nitrogens with zero attached hydrogens (tertiary/aromatic N) is 1. The zero-order valence-electron chi connectivity index (χ0n) is 12.5. The van der Waals surface area contributed by atoms with E-state index in [1.807, 2.05) is 0 Å². The standard InChI is InChI=1S/C13H15F4NO6S/c14-12(15,8-4-7-3-6(8)5-9(7)19)13(16,17)25(22,23)24-18-10(20)1-2-11(18)21/h1-2,6-9,19-21H,3-5H2. The summed E-state index contributed by atoms with van der Waals surface area (Å²) in [4.78, 5) is 0. The lowest BCUT2D eigenvalue weighted by Gasteiger charge is -2.35. The Morgan fingerprint density at radius 3 is 2.04 bits per heavy atom. The van der Waals surface area contributed by atoms with E-state index in [4.69, 9.17) is 0 Å². The van der Waals surface area contributed by atoms with E-state index in [9.17, 15) is 41.3 Å². The molecule has 4 atom stereocenters. The van der Waals surface area contributed by atoms with Crippen molar-refractivity contribution in [2.75, 3.05) is 0 Å². The lowest BCUT2D eigenvalue weighted by atomic mass is 9.83. The first-order chi connectivity index (χ1) is 11.4. The summed E-state index contributed by atoms with van der Waals surface area (Å²) in [5.74, 6) is -10.5. The summed E-state index contributed by atoms with van der Waals surface area (Å²) in [6.07, 6.45) is -1.25. The fraction of sp³-hybridized carbons (Fsp3) is 0.692. The molecule has 4 unspecified atom stereocenters. The minimum atomic E-state index is -6.26. The van der Waals surface area contributed by atoms with Crippen molar-refractivity contribution in [3.63, 3.8) is 0 Å². The molecule has 2 fully saturated rings. The number of hydrogen-bond donors (Lipinski definition) is 3. The Kier molecular flexibility index (Phi) is 3.91. The van der Waals surface area contributed by atoms with Gasteiger partial charge in [0.2, 0.25) is 11.8 Å². The molecule has 2 bridgehead atoms. The Hall–Kier alpha value is -1.69. The predicted molar refractivity (Wildman–Crippen MR) is 73.5 cm³/mol. The van der Waals surface area contributed by atoms with Gasteiger partial charge in [0.15, 0.2) is 0 Å². The number of fused-ring (bicyclic) bond motifs is 2. The van der Waals surface area contributed by atoms with E-state index < -0.39 is 63.3 Å². The second-order valence-electron chi connectivity index (χ2n) is 6.41. The lowest BCUT2D eigenvalue weighted by Crippen LogP contribution is -2.55. The van der Waals surface area contributed by atoms with Crippen molar-refractivity contribution in [1.82, 2.24) is 4.73 Å². The Bertz CT molecular complexity index is 758. The van der Waals surface area contributed by atoms with Crippen molar-refractivity contribution in [3.05, 3.63) is 12.1 Å². The van der Waals surface area contributed by atoms with Gasteiger partial charge in [0, 0.05) is 18.1 Å². The minimum absolute atomic E-state index is 0.0961. The summed E-state index contributed by atoms with van der Waals surface area (Å²) in [7, 11) is -6.26. The Labute approximate surface area is 139 Å². The van der Waals surface area contributed by atoms with Crippen molar-refractivity contribution in [2.45, 2.75) is 36.5 Å². The summed E-state index contributed by atoms with van der Waals surface area (Å²) in [6.45, 7) is 0. The van der Waals surface area contributed by atoms with E-state index >= 15 is 0 Å². The van der Waals surface area contributed by atoms with Crippen molar-refractivity contribution >= 4 is 10.1 Å². The third-order valence-corrected chi connectivity index (χ3v) is 6.20. The summed E-state index contributed by atoms with van der Waals surface area (Å²) < 4.78 is 84.2. The van der Waals surface area contributed by atoms with Crippen LogP contribution in [0.4, 0.5) is 17.6 Å². The quantitative estimate of drug-likeness (QED) is 0.655. The number of aliphatic hydroxyl groups excluding tert-OH is 1. The fourth-order valence-corrected chi connectivity index (χ4v) is 4.62. The van der Waals surface area contributed by atoms with Gasteiger partial charge in [-0.2, -0.15) is 26.0 Å². The van der Waals surface area contributed by atoms with Gasteiger partial charge in [-0.15, -0.1) is 0 Å². The maximum absolute atomic E-state index is 14.4. The maximum atomic E-state index is 14.4. The van der Waals surface area contributed by atoms with Crippen LogP contribution in [0.25, 0.3) is 0 Å². The van der Waals surface area contributed by atoms with Crippen LogP contribution >= 0.6 is 0 Å². The van der Waals surface area contributed by atoms with Crippen LogP contribution in [0.3, 0.4) is 0 Å². The molecule has 12 heteroatoms. The average Bonchev–Trinajstić information content (AvgIpc) is 3.16. The molecule has 142 valence electrons. The molecule has 3 rings (SSSR count). The molecule has 7 nitrogen and oxygen atoms in total. The Morgan fingerprint density at radius 2 is 1.60 bits per heavy atom. The molecule has 25 heavy (non-hydrogen) atoms. The number of aromatic nitrogens is 1. The number of rotatable bonds is 5. The number of hydrogen-bond acceptors (Lipinski definition) is 6. The highest BCUT2D eigenvalue weighted by Crippen LogP contribution is 2.58. The number of alkyl halides is 4. The van der Waals surface area contributed by atoms with Gasteiger partial charge in [-0.25, -0.2) is 0 Å². The van der Waals surface area contributed by atoms with Gasteiger partial charge in [0.25, 0.3) is 0 Å². The molecule has 1 aromatic rings. The topological polar surface area (TPSA) is 109 Å². The molecule has 0 aromatic carbocycles. The maximum Gasteiger partial charge on any atom is 0.444 e. The minimum Gasteiger partial charge on any atom is -0.492 e. The summed E-state index contributed by atoms with van der Waals surface area (Å²) in [5.41, 5.74) is 0. The van der Waals surface area contributed by atoms with Gasteiger partial charge in [0.1, 0.15) is 0 Å². The van der Waals surface area contributed by atoms with E-state index in [0.717, 1.165) is 12.1 Å². The van der Waals surface area contributed by atoms with Gasteiger partial charge in [-0.1, -0.05) is 4.73 Å². The summed E-state index contributed by atoms with van der Waals surface area (Å²) in [6, 6.07) is 1.44. The molecule has 1 aromatic heterocycles. The van der Waals surface area contributed by atoms with Gasteiger partial charge in [-0.05, 0) is 31.1 Å². The second-order valence-corrected chi connectivity index (χ2v) is 7.98. The summed E-state index contributed by atoms with van der Waals surface area (Å²) >= 11 is 0. The van der Waals surface area contributed by atoms with Crippen LogP contribution in [0.15, 0.2) is 12.1 Å². The molecule has 0 radical (unpaired) electrons. The third-order valence-electron chi connectivity index (χ3n) is 4.96. The molecule has 2 aliphatic carbocycles. The first-order valence-electron chi connectivity index (χ1n) is 7.36. The van der Waals surface area contributed by atoms with Crippen molar-refractivity contribution in [1.29, 1.82) is 0 Å². The van der Waals surface area contributed by atoms with Crippen LogP contribution in [0, 0.1) is 17.8 Å². The number of aliphatic hydroxyl groups is 1. The highest BCUT2D eigenvalue weighted by atomic mass is 32.2. The molecule has 3 N–H and O–H groups in total. The molecule has 0 amide bonds. The molecule has 2 aliphatic rings. The van der Waals surface area contributed by atoms with Crippen LogP contribution in [0.5, 0.6) is 11.8 Å². The van der Waals surface area contributed by atoms with Gasteiger partial charge in [0.05, 0.1) is 6.10 Å². The van der Waals surface area contributed by atoms with Crippen molar-refractivity contribution < 1.29 is 45.6 Å². The van der Waals surface area contributed by atoms with E-state index in [-0.39, 0.29) is 17.6 Å². The van der Waals surface area contributed by atoms with Crippen LogP contribution < -0.4 is 4.28 Å². The highest BCUT2D eigenvalue weighted by Gasteiger charge is 2.73. The molecule has 1 heterocycles.